The van der Waals surface area contributed by atoms with E-state index in [1.54, 1.807) is 7.11 Å². The van der Waals surface area contributed by atoms with Crippen molar-refractivity contribution in [3.05, 3.63) is 157 Å². The summed E-state index contributed by atoms with van der Waals surface area (Å²) in [5.41, 5.74) is 2.51. The second kappa shape index (κ2) is 24.2. The van der Waals surface area contributed by atoms with E-state index in [2.05, 4.69) is 259 Å². The molecule has 0 amide bonds. The van der Waals surface area contributed by atoms with Crippen LogP contribution in [-0.2, 0) is 20.2 Å². The maximum absolute atomic E-state index is 7.74. The molecule has 0 heterocycles. The Bertz CT molecular complexity index is 2110. The summed E-state index contributed by atoms with van der Waals surface area (Å²) in [7, 11) is -2.73. The molecule has 0 saturated heterocycles. The molecule has 4 nitrogen and oxygen atoms in total. The predicted molar refractivity (Wildman–Crippen MR) is 313 cm³/mol. The van der Waals surface area contributed by atoms with Gasteiger partial charge in [-0.05, 0) is 17.7 Å². The summed E-state index contributed by atoms with van der Waals surface area (Å²) < 4.78 is 24.7. The van der Waals surface area contributed by atoms with E-state index < -0.39 is 20.9 Å². The average Bonchev–Trinajstić information content (AvgIpc) is 3.29. The number of rotatable bonds is 24. The normalized spacial score (nSPS) is 17.6. The van der Waals surface area contributed by atoms with Crippen molar-refractivity contribution in [3.8, 4) is 5.75 Å². The molecule has 4 aromatic carbocycles. The second-order valence-corrected chi connectivity index (χ2v) is 43.2. The molecule has 0 N–H and O–H groups in total. The second-order valence-electron chi connectivity index (χ2n) is 23.1. The third-order valence-electron chi connectivity index (χ3n) is 15.5. The number of allylic oxidation sites excluding steroid dienone is 3. The van der Waals surface area contributed by atoms with Crippen molar-refractivity contribution in [1.82, 2.24) is 0 Å². The Kier molecular flexibility index (Phi) is 20.6. The number of ether oxygens (including phenoxy) is 2. The van der Waals surface area contributed by atoms with Gasteiger partial charge in [0.15, 0.2) is 0 Å². The fraction of sp³-hybridized carbons (Fsp3) is 0.500. The number of hydrogen-bond donors (Lipinski definition) is 0. The van der Waals surface area contributed by atoms with Crippen LogP contribution in [0.5, 0.6) is 5.75 Å². The molecule has 8 heteroatoms. The first kappa shape index (κ1) is 57.9. The first-order chi connectivity index (χ1) is 31.7. The van der Waals surface area contributed by atoms with Gasteiger partial charge in [0.25, 0.3) is 0 Å². The first-order valence-electron chi connectivity index (χ1n) is 25.2. The van der Waals surface area contributed by atoms with E-state index in [1.807, 2.05) is 18.2 Å². The van der Waals surface area contributed by atoms with Gasteiger partial charge >= 0.3 is 327 Å². The van der Waals surface area contributed by atoms with Crippen LogP contribution in [0.15, 0.2) is 152 Å². The number of benzene rings is 4. The Morgan fingerprint density at radius 2 is 1.07 bits per heavy atom. The van der Waals surface area contributed by atoms with E-state index >= 15 is 0 Å². The van der Waals surface area contributed by atoms with E-state index in [0.717, 1.165) is 23.9 Å². The first-order valence-corrected chi connectivity index (χ1v) is 36.2. The molecule has 0 bridgehead atoms. The fourth-order valence-electron chi connectivity index (χ4n) is 9.62. The summed E-state index contributed by atoms with van der Waals surface area (Å²) >= 11 is 2.97. The van der Waals surface area contributed by atoms with Gasteiger partial charge in [0, 0.05) is 0 Å². The Labute approximate surface area is 430 Å². The SMILES string of the molecule is C=C/C=C\[C@H](C)[C@H](OCc1ccc(OC)cc1)[C@@H](C)[C@H](O[Si](C)(C)C(C)(C)C)[C@@H](C)C/C(C)=C/[C@H](C)[C@@H](O[Si](C)(C)C(C)(C)C)[C@H](C)CP(I)(c1ccccc1)(c1ccccc1)c1ccccc1. The Morgan fingerprint density at radius 1 is 0.632 bits per heavy atom. The molecule has 0 saturated carbocycles. The zero-order valence-corrected chi connectivity index (χ0v) is 50.2. The van der Waals surface area contributed by atoms with Crippen molar-refractivity contribution in [3.63, 3.8) is 0 Å². The van der Waals surface area contributed by atoms with Gasteiger partial charge in [-0.2, -0.15) is 0 Å². The summed E-state index contributed by atoms with van der Waals surface area (Å²) in [6, 6.07) is 42.3. The molecule has 374 valence electrons. The quantitative estimate of drug-likeness (QED) is 0.0230. The molecule has 0 aromatic heterocycles. The Morgan fingerprint density at radius 3 is 1.49 bits per heavy atom. The van der Waals surface area contributed by atoms with Gasteiger partial charge in [0.1, 0.15) is 5.75 Å². The van der Waals surface area contributed by atoms with Crippen molar-refractivity contribution >= 4 is 58.8 Å². The van der Waals surface area contributed by atoms with Crippen LogP contribution in [0.3, 0.4) is 0 Å². The van der Waals surface area contributed by atoms with Crippen LogP contribution in [0, 0.1) is 29.6 Å². The van der Waals surface area contributed by atoms with Crippen LogP contribution in [0.2, 0.25) is 36.3 Å². The molecule has 0 aliphatic rings. The molecule has 0 aliphatic carbocycles. The number of hydrogen-bond acceptors (Lipinski definition) is 4. The van der Waals surface area contributed by atoms with Gasteiger partial charge < -0.3 is 4.74 Å². The molecule has 0 unspecified atom stereocenters. The summed E-state index contributed by atoms with van der Waals surface area (Å²) in [6.45, 7) is 42.6. The molecule has 0 aliphatic heterocycles. The molecule has 0 fully saturated rings. The molecule has 4 rings (SSSR count). The van der Waals surface area contributed by atoms with Crippen molar-refractivity contribution in [2.45, 2.75) is 151 Å². The average molecular weight is 1090 g/mol. The summed E-state index contributed by atoms with van der Waals surface area (Å²) in [6.07, 6.45) is 10.5. The van der Waals surface area contributed by atoms with Crippen molar-refractivity contribution in [2.24, 2.45) is 29.6 Å². The molecule has 8 atom stereocenters. The van der Waals surface area contributed by atoms with E-state index in [0.29, 0.717) is 6.61 Å². The van der Waals surface area contributed by atoms with E-state index in [9.17, 15) is 0 Å². The van der Waals surface area contributed by atoms with Crippen LogP contribution in [-0.4, -0.2) is 48.2 Å². The molecular weight excluding hydrogens is 999 g/mol. The van der Waals surface area contributed by atoms with Gasteiger partial charge in [-0.15, -0.1) is 0 Å². The number of methoxy groups -OCH3 is 1. The zero-order chi connectivity index (χ0) is 50.7. The standard InChI is InChI=1S/C60H90IO4PSi2/c1-19-20-30-46(3)57(63-43-51-37-39-52(62-14)40-38-51)50(7)58(65-68(17,18)60(11,12)13)48(5)42-45(2)41-47(4)56(64-67(15,16)59(8,9)10)49(6)44-66(61,53-31-24-21-25-32-53,54-33-26-22-27-34-54)55-35-28-23-29-36-55/h19-41,46-50,56-58H,1,42-44H2,2-18H3/b30-20-,45-41+/t46-,47-,48-,49+,50+,56+,57-,58+/m0/s1. The molecule has 4 aromatic rings. The van der Waals surface area contributed by atoms with Crippen LogP contribution < -0.4 is 20.7 Å². The third kappa shape index (κ3) is 14.1. The van der Waals surface area contributed by atoms with Crippen molar-refractivity contribution in [1.29, 1.82) is 0 Å². The monoisotopic (exact) mass is 1090 g/mol. The van der Waals surface area contributed by atoms with E-state index in [-0.39, 0.29) is 58.0 Å². The van der Waals surface area contributed by atoms with Crippen LogP contribution in [0.1, 0.15) is 95.1 Å². The van der Waals surface area contributed by atoms with Crippen LogP contribution in [0.25, 0.3) is 0 Å². The third-order valence-corrected chi connectivity index (χ3v) is 36.1. The minimum atomic E-state index is -3.10. The predicted octanol–water partition coefficient (Wildman–Crippen LogP) is 16.5. The molecule has 0 radical (unpaired) electrons. The van der Waals surface area contributed by atoms with Gasteiger partial charge in [-0.3, -0.25) is 0 Å². The van der Waals surface area contributed by atoms with Gasteiger partial charge in [-0.1, -0.05) is 64.6 Å². The number of halogens is 1. The maximum atomic E-state index is 7.74. The van der Waals surface area contributed by atoms with Crippen molar-refractivity contribution < 1.29 is 18.3 Å². The fourth-order valence-corrected chi connectivity index (χ4v) is 22.5. The Hall–Kier alpha value is -2.63. The summed E-state index contributed by atoms with van der Waals surface area (Å²) in [4.78, 5) is 0. The van der Waals surface area contributed by atoms with Gasteiger partial charge in [0.05, 0.1) is 13.7 Å². The zero-order valence-electron chi connectivity index (χ0n) is 45.2. The van der Waals surface area contributed by atoms with Gasteiger partial charge in [-0.25, -0.2) is 0 Å². The molecule has 68 heavy (non-hydrogen) atoms. The van der Waals surface area contributed by atoms with Crippen LogP contribution in [0.4, 0.5) is 0 Å². The topological polar surface area (TPSA) is 36.9 Å². The summed E-state index contributed by atoms with van der Waals surface area (Å²) in [5.74, 6) is 1.71. The minimum absolute atomic E-state index is 0.0000145. The van der Waals surface area contributed by atoms with Gasteiger partial charge in [0.2, 0.25) is 0 Å². The molecule has 0 spiro atoms. The van der Waals surface area contributed by atoms with E-state index in [1.165, 1.54) is 21.5 Å². The van der Waals surface area contributed by atoms with Crippen molar-refractivity contribution in [2.75, 3.05) is 13.3 Å². The van der Waals surface area contributed by atoms with E-state index in [4.69, 9.17) is 18.3 Å². The summed E-state index contributed by atoms with van der Waals surface area (Å²) in [5, 5.41) is 4.33. The Balaban J connectivity index is 1.80. The van der Waals surface area contributed by atoms with Crippen LogP contribution >= 0.6 is 26.3 Å². The molecular formula is C60H90IO4PSi2.